The third-order valence-electron chi connectivity index (χ3n) is 4.10. The highest BCUT2D eigenvalue weighted by Crippen LogP contribution is 2.22. The highest BCUT2D eigenvalue weighted by Gasteiger charge is 2.16. The zero-order valence-corrected chi connectivity index (χ0v) is 14.1. The Hall–Kier alpha value is -2.66. The Morgan fingerprint density at radius 1 is 1.20 bits per heavy atom. The van der Waals surface area contributed by atoms with Gasteiger partial charge >= 0.3 is 0 Å². The zero-order chi connectivity index (χ0) is 17.6. The lowest BCUT2D eigenvalue weighted by molar-refractivity contribution is 0.104. The van der Waals surface area contributed by atoms with Gasteiger partial charge in [-0.3, -0.25) is 4.79 Å². The van der Waals surface area contributed by atoms with E-state index in [0.29, 0.717) is 37.6 Å². The summed E-state index contributed by atoms with van der Waals surface area (Å²) in [7, 11) is 1.59. The number of carbonyl (C=O) groups is 1. The van der Waals surface area contributed by atoms with Crippen molar-refractivity contribution in [2.75, 3.05) is 38.3 Å². The molecule has 2 aromatic carbocycles. The number of morpholine rings is 1. The maximum atomic E-state index is 14.4. The van der Waals surface area contributed by atoms with Crippen LogP contribution < -0.4 is 9.64 Å². The second-order valence-corrected chi connectivity index (χ2v) is 5.74. The molecule has 1 aliphatic rings. The minimum Gasteiger partial charge on any atom is -0.497 e. The Labute approximate surface area is 146 Å². The first kappa shape index (κ1) is 17.2. The van der Waals surface area contributed by atoms with Gasteiger partial charge in [-0.15, -0.1) is 0 Å². The number of allylic oxidation sites excluding steroid dienone is 1. The molecule has 0 radical (unpaired) electrons. The van der Waals surface area contributed by atoms with E-state index in [4.69, 9.17) is 9.47 Å². The van der Waals surface area contributed by atoms with Crippen LogP contribution >= 0.6 is 0 Å². The first-order valence-electron chi connectivity index (χ1n) is 8.16. The molecular weight excluding hydrogens is 321 g/mol. The Morgan fingerprint density at radius 3 is 2.72 bits per heavy atom. The number of anilines is 1. The molecule has 0 aliphatic carbocycles. The molecule has 3 rings (SSSR count). The number of methoxy groups -OCH3 is 1. The van der Waals surface area contributed by atoms with Crippen molar-refractivity contribution in [1.82, 2.24) is 0 Å². The molecule has 25 heavy (non-hydrogen) atoms. The topological polar surface area (TPSA) is 38.8 Å². The van der Waals surface area contributed by atoms with Gasteiger partial charge in [0.1, 0.15) is 11.6 Å². The summed E-state index contributed by atoms with van der Waals surface area (Å²) in [6.07, 6.45) is 3.14. The highest BCUT2D eigenvalue weighted by atomic mass is 19.1. The largest absolute Gasteiger partial charge is 0.497 e. The van der Waals surface area contributed by atoms with Crippen LogP contribution in [-0.4, -0.2) is 39.2 Å². The van der Waals surface area contributed by atoms with Crippen LogP contribution in [0.1, 0.15) is 15.9 Å². The Kier molecular flexibility index (Phi) is 5.46. The standard InChI is InChI=1S/C20H20FNO3/c1-24-17-4-2-3-15(13-17)5-8-20(23)16-6-7-19(18(21)14-16)22-9-11-25-12-10-22/h2-8,13-14H,9-12H2,1H3. The molecule has 0 atom stereocenters. The number of ketones is 1. The van der Waals surface area contributed by atoms with E-state index in [0.717, 1.165) is 11.3 Å². The molecule has 0 unspecified atom stereocenters. The van der Waals surface area contributed by atoms with Gasteiger partial charge in [0.05, 0.1) is 26.0 Å². The van der Waals surface area contributed by atoms with Gasteiger partial charge < -0.3 is 14.4 Å². The fourth-order valence-corrected chi connectivity index (χ4v) is 2.73. The van der Waals surface area contributed by atoms with Gasteiger partial charge in [0.15, 0.2) is 5.78 Å². The van der Waals surface area contributed by atoms with Crippen LogP contribution in [-0.2, 0) is 4.74 Å². The van der Waals surface area contributed by atoms with Gasteiger partial charge in [-0.05, 0) is 42.0 Å². The Morgan fingerprint density at radius 2 is 2.00 bits per heavy atom. The maximum Gasteiger partial charge on any atom is 0.185 e. The van der Waals surface area contributed by atoms with Gasteiger partial charge in [0, 0.05) is 18.7 Å². The van der Waals surface area contributed by atoms with Crippen molar-refractivity contribution in [3.63, 3.8) is 0 Å². The normalized spacial score (nSPS) is 14.7. The number of halogens is 1. The molecule has 0 aromatic heterocycles. The summed E-state index contributed by atoms with van der Waals surface area (Å²) in [6.45, 7) is 2.48. The van der Waals surface area contributed by atoms with E-state index in [9.17, 15) is 9.18 Å². The monoisotopic (exact) mass is 341 g/mol. The van der Waals surface area contributed by atoms with E-state index in [1.807, 2.05) is 29.2 Å². The summed E-state index contributed by atoms with van der Waals surface area (Å²) in [5.41, 5.74) is 1.68. The van der Waals surface area contributed by atoms with Crippen LogP contribution in [0.2, 0.25) is 0 Å². The molecule has 1 saturated heterocycles. The highest BCUT2D eigenvalue weighted by molar-refractivity contribution is 6.07. The average molecular weight is 341 g/mol. The summed E-state index contributed by atoms with van der Waals surface area (Å²) in [4.78, 5) is 14.2. The molecular formula is C20H20FNO3. The summed E-state index contributed by atoms with van der Waals surface area (Å²) in [5, 5.41) is 0. The van der Waals surface area contributed by atoms with Crippen molar-refractivity contribution in [2.45, 2.75) is 0 Å². The molecule has 5 heteroatoms. The number of nitrogens with zero attached hydrogens (tertiary/aromatic N) is 1. The van der Waals surface area contributed by atoms with Crippen LogP contribution in [0.25, 0.3) is 6.08 Å². The predicted octanol–water partition coefficient (Wildman–Crippen LogP) is 3.57. The van der Waals surface area contributed by atoms with E-state index in [1.165, 1.54) is 12.1 Å². The van der Waals surface area contributed by atoms with Crippen LogP contribution in [0, 0.1) is 5.82 Å². The predicted molar refractivity (Wildman–Crippen MR) is 95.8 cm³/mol. The Balaban J connectivity index is 1.73. The van der Waals surface area contributed by atoms with Gasteiger partial charge in [-0.1, -0.05) is 18.2 Å². The van der Waals surface area contributed by atoms with Crippen LogP contribution in [0.5, 0.6) is 5.75 Å². The SMILES string of the molecule is COc1cccc(C=CC(=O)c2ccc(N3CCOCC3)c(F)c2)c1. The van der Waals surface area contributed by atoms with E-state index in [2.05, 4.69) is 0 Å². The van der Waals surface area contributed by atoms with Crippen molar-refractivity contribution in [3.8, 4) is 5.75 Å². The number of rotatable bonds is 5. The number of carbonyl (C=O) groups excluding carboxylic acids is 1. The molecule has 1 aliphatic heterocycles. The van der Waals surface area contributed by atoms with Gasteiger partial charge in [-0.2, -0.15) is 0 Å². The maximum absolute atomic E-state index is 14.4. The quantitative estimate of drug-likeness (QED) is 0.616. The number of benzene rings is 2. The fraction of sp³-hybridized carbons (Fsp3) is 0.250. The van der Waals surface area contributed by atoms with E-state index >= 15 is 0 Å². The van der Waals surface area contributed by atoms with Gasteiger partial charge in [0.25, 0.3) is 0 Å². The van der Waals surface area contributed by atoms with E-state index < -0.39 is 0 Å². The van der Waals surface area contributed by atoms with Crippen LogP contribution in [0.4, 0.5) is 10.1 Å². The molecule has 0 saturated carbocycles. The molecule has 0 N–H and O–H groups in total. The van der Waals surface area contributed by atoms with E-state index in [1.54, 1.807) is 25.3 Å². The molecule has 4 nitrogen and oxygen atoms in total. The third-order valence-corrected chi connectivity index (χ3v) is 4.10. The summed E-state index contributed by atoms with van der Waals surface area (Å²) >= 11 is 0. The molecule has 1 heterocycles. The molecule has 130 valence electrons. The van der Waals surface area contributed by atoms with Gasteiger partial charge in [-0.25, -0.2) is 4.39 Å². The average Bonchev–Trinajstić information content (AvgIpc) is 2.67. The molecule has 1 fully saturated rings. The molecule has 0 amide bonds. The second-order valence-electron chi connectivity index (χ2n) is 5.74. The number of ether oxygens (including phenoxy) is 2. The first-order chi connectivity index (χ1) is 12.2. The smallest absolute Gasteiger partial charge is 0.185 e. The minimum atomic E-state index is -0.387. The summed E-state index contributed by atoms with van der Waals surface area (Å²) in [6, 6.07) is 12.0. The minimum absolute atomic E-state index is 0.241. The Bertz CT molecular complexity index is 782. The van der Waals surface area contributed by atoms with Crippen molar-refractivity contribution < 1.29 is 18.7 Å². The lowest BCUT2D eigenvalue weighted by atomic mass is 10.1. The second kappa shape index (κ2) is 7.94. The van der Waals surface area contributed by atoms with E-state index in [-0.39, 0.29) is 11.6 Å². The van der Waals surface area contributed by atoms with Crippen LogP contribution in [0.15, 0.2) is 48.5 Å². The number of hydrogen-bond donors (Lipinski definition) is 0. The lowest BCUT2D eigenvalue weighted by Gasteiger charge is -2.29. The summed E-state index contributed by atoms with van der Waals surface area (Å²) < 4.78 is 24.8. The van der Waals surface area contributed by atoms with Crippen molar-refractivity contribution in [3.05, 3.63) is 65.5 Å². The zero-order valence-electron chi connectivity index (χ0n) is 14.1. The molecule has 0 bridgehead atoms. The molecule has 0 spiro atoms. The molecule has 2 aromatic rings. The van der Waals surface area contributed by atoms with Crippen molar-refractivity contribution >= 4 is 17.5 Å². The summed E-state index contributed by atoms with van der Waals surface area (Å²) in [5.74, 6) is 0.0910. The first-order valence-corrected chi connectivity index (χ1v) is 8.16. The van der Waals surface area contributed by atoms with Crippen LogP contribution in [0.3, 0.4) is 0 Å². The lowest BCUT2D eigenvalue weighted by Crippen LogP contribution is -2.36. The van der Waals surface area contributed by atoms with Crippen molar-refractivity contribution in [1.29, 1.82) is 0 Å². The third kappa shape index (κ3) is 4.25. The van der Waals surface area contributed by atoms with Crippen molar-refractivity contribution in [2.24, 2.45) is 0 Å². The fourth-order valence-electron chi connectivity index (χ4n) is 2.73. The van der Waals surface area contributed by atoms with Gasteiger partial charge in [0.2, 0.25) is 0 Å². The number of hydrogen-bond acceptors (Lipinski definition) is 4.